The Bertz CT molecular complexity index is 307. The van der Waals surface area contributed by atoms with Gasteiger partial charge in [0.25, 0.3) is 0 Å². The maximum absolute atomic E-state index is 6.21. The van der Waals surface area contributed by atoms with Crippen molar-refractivity contribution in [2.24, 2.45) is 17.6 Å². The van der Waals surface area contributed by atoms with E-state index in [1.54, 1.807) is 0 Å². The minimum atomic E-state index is 0.243. The van der Waals surface area contributed by atoms with E-state index in [9.17, 15) is 0 Å². The van der Waals surface area contributed by atoms with Crippen molar-refractivity contribution < 1.29 is 4.74 Å². The van der Waals surface area contributed by atoms with Crippen molar-refractivity contribution in [1.29, 1.82) is 0 Å². The molecule has 2 aliphatic heterocycles. The van der Waals surface area contributed by atoms with Crippen LogP contribution in [0.4, 0.5) is 0 Å². The molecule has 3 rings (SSSR count). The van der Waals surface area contributed by atoms with E-state index in [1.807, 2.05) is 0 Å². The molecule has 18 heavy (non-hydrogen) atoms. The molecule has 2 heterocycles. The molecule has 2 N–H and O–H groups in total. The summed E-state index contributed by atoms with van der Waals surface area (Å²) in [5.41, 5.74) is 6.46. The van der Waals surface area contributed by atoms with Gasteiger partial charge < -0.3 is 10.5 Å². The van der Waals surface area contributed by atoms with E-state index in [0.29, 0.717) is 12.0 Å². The largest absolute Gasteiger partial charge is 0.378 e. The van der Waals surface area contributed by atoms with Crippen LogP contribution in [0.15, 0.2) is 0 Å². The van der Waals surface area contributed by atoms with Gasteiger partial charge in [-0.05, 0) is 43.9 Å². The SMILES string of the molecule is CC(C)C1CC(CN)(N2CC3CCC2C3)CCO1. The molecule has 0 radical (unpaired) electrons. The zero-order valence-corrected chi connectivity index (χ0v) is 11.9. The van der Waals surface area contributed by atoms with Crippen LogP contribution < -0.4 is 5.73 Å². The molecule has 3 nitrogen and oxygen atoms in total. The van der Waals surface area contributed by atoms with Crippen molar-refractivity contribution in [1.82, 2.24) is 4.90 Å². The number of nitrogens with zero attached hydrogens (tertiary/aromatic N) is 1. The highest BCUT2D eigenvalue weighted by atomic mass is 16.5. The fraction of sp³-hybridized carbons (Fsp3) is 1.00. The first kappa shape index (κ1) is 12.9. The molecule has 0 amide bonds. The molecular formula is C15H28N2O. The molecule has 0 aromatic heterocycles. The monoisotopic (exact) mass is 252 g/mol. The lowest BCUT2D eigenvalue weighted by atomic mass is 9.80. The number of nitrogens with two attached hydrogens (primary N) is 1. The fourth-order valence-electron chi connectivity index (χ4n) is 4.43. The third-order valence-electron chi connectivity index (χ3n) is 5.62. The molecule has 4 atom stereocenters. The number of hydrogen-bond donors (Lipinski definition) is 1. The second-order valence-corrected chi connectivity index (χ2v) is 7.02. The van der Waals surface area contributed by atoms with Gasteiger partial charge in [0.05, 0.1) is 6.10 Å². The quantitative estimate of drug-likeness (QED) is 0.835. The molecule has 4 unspecified atom stereocenters. The first-order chi connectivity index (χ1) is 8.64. The summed E-state index contributed by atoms with van der Waals surface area (Å²) < 4.78 is 5.95. The highest BCUT2D eigenvalue weighted by Gasteiger charge is 2.50. The summed E-state index contributed by atoms with van der Waals surface area (Å²) in [5.74, 6) is 1.56. The van der Waals surface area contributed by atoms with Crippen molar-refractivity contribution in [2.75, 3.05) is 19.7 Å². The van der Waals surface area contributed by atoms with Crippen molar-refractivity contribution in [3.63, 3.8) is 0 Å². The third-order valence-corrected chi connectivity index (χ3v) is 5.62. The lowest BCUT2D eigenvalue weighted by Crippen LogP contribution is -2.61. The second kappa shape index (κ2) is 4.77. The van der Waals surface area contributed by atoms with Gasteiger partial charge in [0.15, 0.2) is 0 Å². The predicted octanol–water partition coefficient (Wildman–Crippen LogP) is 2.00. The lowest BCUT2D eigenvalue weighted by molar-refractivity contribution is -0.0947. The third kappa shape index (κ3) is 2.00. The highest BCUT2D eigenvalue weighted by Crippen LogP contribution is 2.45. The van der Waals surface area contributed by atoms with E-state index in [1.165, 1.54) is 25.8 Å². The van der Waals surface area contributed by atoms with Crippen LogP contribution in [-0.4, -0.2) is 42.3 Å². The Balaban J connectivity index is 1.77. The molecule has 0 spiro atoms. The van der Waals surface area contributed by atoms with E-state index >= 15 is 0 Å². The first-order valence-electron chi connectivity index (χ1n) is 7.73. The number of fused-ring (bicyclic) bond motifs is 2. The van der Waals surface area contributed by atoms with Gasteiger partial charge in [-0.3, -0.25) is 4.90 Å². The zero-order valence-electron chi connectivity index (χ0n) is 11.9. The standard InChI is InChI=1S/C15H28N2O/c1-11(2)14-8-15(10-16,5-6-18-14)17-9-12-3-4-13(17)7-12/h11-14H,3-10,16H2,1-2H3. The molecule has 104 valence electrons. The van der Waals surface area contributed by atoms with Crippen LogP contribution in [0, 0.1) is 11.8 Å². The van der Waals surface area contributed by atoms with E-state index in [4.69, 9.17) is 10.5 Å². The average molecular weight is 252 g/mol. The minimum absolute atomic E-state index is 0.243. The number of likely N-dealkylation sites (tertiary alicyclic amines) is 1. The molecule has 2 saturated heterocycles. The highest BCUT2D eigenvalue weighted by molar-refractivity contribution is 5.05. The van der Waals surface area contributed by atoms with Crippen molar-refractivity contribution in [3.8, 4) is 0 Å². The molecule has 3 fully saturated rings. The molecule has 0 aromatic rings. The molecule has 1 aliphatic carbocycles. The van der Waals surface area contributed by atoms with E-state index in [0.717, 1.165) is 38.0 Å². The van der Waals surface area contributed by atoms with Crippen LogP contribution >= 0.6 is 0 Å². The van der Waals surface area contributed by atoms with Crippen LogP contribution in [-0.2, 0) is 4.74 Å². The maximum atomic E-state index is 6.21. The Morgan fingerprint density at radius 2 is 2.22 bits per heavy atom. The smallest absolute Gasteiger partial charge is 0.0616 e. The van der Waals surface area contributed by atoms with E-state index in [-0.39, 0.29) is 5.54 Å². The van der Waals surface area contributed by atoms with E-state index < -0.39 is 0 Å². The van der Waals surface area contributed by atoms with Crippen molar-refractivity contribution in [2.45, 2.75) is 63.6 Å². The van der Waals surface area contributed by atoms with Gasteiger partial charge in [0, 0.05) is 31.3 Å². The number of hydrogen-bond acceptors (Lipinski definition) is 3. The van der Waals surface area contributed by atoms with Crippen molar-refractivity contribution >= 4 is 0 Å². The maximum Gasteiger partial charge on any atom is 0.0616 e. The Hall–Kier alpha value is -0.120. The van der Waals surface area contributed by atoms with Crippen molar-refractivity contribution in [3.05, 3.63) is 0 Å². The summed E-state index contributed by atoms with van der Waals surface area (Å²) in [6.07, 6.45) is 6.96. The summed E-state index contributed by atoms with van der Waals surface area (Å²) in [4.78, 5) is 2.78. The average Bonchev–Trinajstić information content (AvgIpc) is 3.01. The Morgan fingerprint density at radius 1 is 1.39 bits per heavy atom. The van der Waals surface area contributed by atoms with Crippen LogP contribution in [0.3, 0.4) is 0 Å². The molecule has 1 saturated carbocycles. The normalized spacial score (nSPS) is 45.0. The summed E-state index contributed by atoms with van der Waals surface area (Å²) in [5, 5.41) is 0. The fourth-order valence-corrected chi connectivity index (χ4v) is 4.43. The van der Waals surface area contributed by atoms with Crippen LogP contribution in [0.5, 0.6) is 0 Å². The number of rotatable bonds is 3. The van der Waals surface area contributed by atoms with Gasteiger partial charge >= 0.3 is 0 Å². The second-order valence-electron chi connectivity index (χ2n) is 7.02. The summed E-state index contributed by atoms with van der Waals surface area (Å²) in [6, 6.07) is 0.824. The number of ether oxygens (including phenoxy) is 1. The van der Waals surface area contributed by atoms with Gasteiger partial charge in [0.1, 0.15) is 0 Å². The molecule has 3 aliphatic rings. The van der Waals surface area contributed by atoms with Gasteiger partial charge in [0.2, 0.25) is 0 Å². The summed E-state index contributed by atoms with van der Waals surface area (Å²) in [6.45, 7) is 7.55. The Kier molecular flexibility index (Phi) is 3.41. The summed E-state index contributed by atoms with van der Waals surface area (Å²) >= 11 is 0. The van der Waals surface area contributed by atoms with Gasteiger partial charge in [-0.1, -0.05) is 13.8 Å². The Morgan fingerprint density at radius 3 is 2.78 bits per heavy atom. The minimum Gasteiger partial charge on any atom is -0.378 e. The first-order valence-corrected chi connectivity index (χ1v) is 7.73. The van der Waals surface area contributed by atoms with Gasteiger partial charge in [-0.15, -0.1) is 0 Å². The zero-order chi connectivity index (χ0) is 12.8. The van der Waals surface area contributed by atoms with E-state index in [2.05, 4.69) is 18.7 Å². The predicted molar refractivity (Wildman–Crippen MR) is 73.4 cm³/mol. The van der Waals surface area contributed by atoms with Crippen LogP contribution in [0.1, 0.15) is 46.0 Å². The van der Waals surface area contributed by atoms with Gasteiger partial charge in [-0.2, -0.15) is 0 Å². The topological polar surface area (TPSA) is 38.5 Å². The molecule has 2 bridgehead atoms. The molecule has 0 aromatic carbocycles. The van der Waals surface area contributed by atoms with Crippen LogP contribution in [0.2, 0.25) is 0 Å². The molecule has 3 heteroatoms. The molecular weight excluding hydrogens is 224 g/mol. The Labute approximate surface area is 111 Å². The van der Waals surface area contributed by atoms with Crippen LogP contribution in [0.25, 0.3) is 0 Å². The van der Waals surface area contributed by atoms with Gasteiger partial charge in [-0.25, -0.2) is 0 Å². The number of piperidine rings is 1. The lowest BCUT2D eigenvalue weighted by Gasteiger charge is -2.50. The summed E-state index contributed by atoms with van der Waals surface area (Å²) in [7, 11) is 0.